The van der Waals surface area contributed by atoms with Crippen molar-refractivity contribution in [2.45, 2.75) is 187 Å². The predicted molar refractivity (Wildman–Crippen MR) is 193 cm³/mol. The highest BCUT2D eigenvalue weighted by Crippen LogP contribution is 2.18. The van der Waals surface area contributed by atoms with E-state index in [9.17, 15) is 9.90 Å². The number of hydrogen-bond acceptors (Lipinski definition) is 4. The van der Waals surface area contributed by atoms with Gasteiger partial charge in [-0.2, -0.15) is 0 Å². The third kappa shape index (κ3) is 31.8. The van der Waals surface area contributed by atoms with Gasteiger partial charge in [0, 0.05) is 6.54 Å². The minimum Gasteiger partial charge on any atom is -0.460 e. The molecule has 0 aliphatic rings. The van der Waals surface area contributed by atoms with Crippen LogP contribution >= 0.6 is 0 Å². The maximum absolute atomic E-state index is 12.3. The van der Waals surface area contributed by atoms with Gasteiger partial charge < -0.3 is 15.2 Å². The number of hydrogen-bond donors (Lipinski definition) is 2. The highest BCUT2D eigenvalue weighted by atomic mass is 16.6. The number of unbranched alkanes of at least 4 members (excludes halogenated alkanes) is 16. The van der Waals surface area contributed by atoms with Crippen LogP contribution in [-0.4, -0.2) is 36.9 Å². The molecule has 0 saturated heterocycles. The molecule has 0 bridgehead atoms. The summed E-state index contributed by atoms with van der Waals surface area (Å²) in [4.78, 5) is 12.3. The second-order valence-corrected chi connectivity index (χ2v) is 12.5. The van der Waals surface area contributed by atoms with Gasteiger partial charge in [-0.1, -0.05) is 133 Å². The number of ether oxygens (including phenoxy) is 1. The van der Waals surface area contributed by atoms with Crippen LogP contribution in [0.1, 0.15) is 174 Å². The number of carbonyl (C=O) groups excluding carboxylic acids is 1. The summed E-state index contributed by atoms with van der Waals surface area (Å²) >= 11 is 0. The first-order chi connectivity index (χ1) is 21.7. The molecule has 0 saturated carbocycles. The van der Waals surface area contributed by atoms with E-state index in [0.29, 0.717) is 19.4 Å². The van der Waals surface area contributed by atoms with Gasteiger partial charge in [0.25, 0.3) is 0 Å². The molecular weight excluding hydrogens is 542 g/mol. The average molecular weight is 616 g/mol. The molecule has 2 N–H and O–H groups in total. The summed E-state index contributed by atoms with van der Waals surface area (Å²) in [5, 5.41) is 13.9. The summed E-state index contributed by atoms with van der Waals surface area (Å²) < 4.78 is 5.75. The van der Waals surface area contributed by atoms with Crippen LogP contribution in [0.15, 0.2) is 48.6 Å². The second-order valence-electron chi connectivity index (χ2n) is 12.5. The molecule has 4 heteroatoms. The van der Waals surface area contributed by atoms with Crippen LogP contribution < -0.4 is 5.32 Å². The Hall–Kier alpha value is -1.65. The Kier molecular flexibility index (Phi) is 34.5. The van der Waals surface area contributed by atoms with Crippen LogP contribution in [0.25, 0.3) is 0 Å². The molecule has 2 unspecified atom stereocenters. The van der Waals surface area contributed by atoms with Crippen molar-refractivity contribution in [3.05, 3.63) is 48.6 Å². The second kappa shape index (κ2) is 35.8. The lowest BCUT2D eigenvalue weighted by atomic mass is 9.99. The highest BCUT2D eigenvalue weighted by molar-refractivity contribution is 5.69. The summed E-state index contributed by atoms with van der Waals surface area (Å²) in [5.74, 6) is -0.203. The molecule has 0 heterocycles. The Bertz CT molecular complexity index is 711. The molecule has 0 radical (unpaired) electrons. The Morgan fingerprint density at radius 2 is 1.00 bits per heavy atom. The van der Waals surface area contributed by atoms with Gasteiger partial charge in [0.2, 0.25) is 0 Å². The Morgan fingerprint density at radius 3 is 1.45 bits per heavy atom. The van der Waals surface area contributed by atoms with Crippen molar-refractivity contribution in [1.29, 1.82) is 0 Å². The maximum Gasteiger partial charge on any atom is 0.307 e. The maximum atomic E-state index is 12.3. The van der Waals surface area contributed by atoms with E-state index in [1.54, 1.807) is 0 Å². The fourth-order valence-corrected chi connectivity index (χ4v) is 5.29. The van der Waals surface area contributed by atoms with E-state index in [4.69, 9.17) is 4.74 Å². The van der Waals surface area contributed by atoms with Gasteiger partial charge in [-0.25, -0.2) is 0 Å². The smallest absolute Gasteiger partial charge is 0.307 e. The summed E-state index contributed by atoms with van der Waals surface area (Å²) in [6, 6.07) is 0. The first kappa shape index (κ1) is 42.3. The van der Waals surface area contributed by atoms with Gasteiger partial charge in [0.1, 0.15) is 6.10 Å². The van der Waals surface area contributed by atoms with Gasteiger partial charge in [-0.05, 0) is 90.5 Å². The Balaban J connectivity index is 4.05. The lowest BCUT2D eigenvalue weighted by Crippen LogP contribution is -2.32. The summed E-state index contributed by atoms with van der Waals surface area (Å²) in [6.07, 6.45) is 45.7. The van der Waals surface area contributed by atoms with Gasteiger partial charge in [0.05, 0.1) is 12.5 Å². The standard InChI is InChI=1S/C40H73NO3/c1-4-6-8-10-12-14-16-18-20-22-24-26-28-30-32-34-38(42)39(44-40(43)36-37-41-3)35-33-31-29-27-25-23-21-19-17-15-13-11-9-7-5-2/h12-15,18-21,38-39,41-42H,4-11,16-17,22-37H2,1-3H3/b14-12-,15-13-,20-18-,21-19-. The molecular formula is C40H73NO3. The minimum atomic E-state index is -0.558. The lowest BCUT2D eigenvalue weighted by molar-refractivity contribution is -0.155. The van der Waals surface area contributed by atoms with E-state index in [-0.39, 0.29) is 12.1 Å². The SMILES string of the molecule is CCCCC/C=C\C/C=C\CCCCCCCC(O)C(CCCCCCC/C=C\C/C=C\CCCCC)OC(=O)CCNC. The van der Waals surface area contributed by atoms with E-state index in [0.717, 1.165) is 57.8 Å². The number of nitrogens with one attached hydrogen (secondary N) is 1. The van der Waals surface area contributed by atoms with Crippen LogP contribution in [0.4, 0.5) is 0 Å². The lowest BCUT2D eigenvalue weighted by Gasteiger charge is -2.23. The predicted octanol–water partition coefficient (Wildman–Crippen LogP) is 11.5. The zero-order valence-corrected chi connectivity index (χ0v) is 29.4. The molecule has 4 nitrogen and oxygen atoms in total. The molecule has 0 spiro atoms. The third-order valence-corrected chi connectivity index (χ3v) is 8.18. The molecule has 0 rings (SSSR count). The monoisotopic (exact) mass is 616 g/mol. The molecule has 0 aromatic heterocycles. The topological polar surface area (TPSA) is 58.6 Å². The largest absolute Gasteiger partial charge is 0.460 e. The van der Waals surface area contributed by atoms with Crippen LogP contribution in [0.3, 0.4) is 0 Å². The van der Waals surface area contributed by atoms with Crippen molar-refractivity contribution in [3.8, 4) is 0 Å². The number of esters is 1. The minimum absolute atomic E-state index is 0.203. The zero-order chi connectivity index (χ0) is 32.2. The number of carbonyl (C=O) groups is 1. The van der Waals surface area contributed by atoms with Crippen molar-refractivity contribution in [2.75, 3.05) is 13.6 Å². The van der Waals surface area contributed by atoms with Gasteiger partial charge in [0.15, 0.2) is 0 Å². The molecule has 44 heavy (non-hydrogen) atoms. The molecule has 0 aliphatic carbocycles. The molecule has 0 aliphatic heterocycles. The van der Waals surface area contributed by atoms with E-state index < -0.39 is 6.10 Å². The van der Waals surface area contributed by atoms with Gasteiger partial charge in [-0.15, -0.1) is 0 Å². The van der Waals surface area contributed by atoms with Gasteiger partial charge in [-0.3, -0.25) is 4.79 Å². The fraction of sp³-hybridized carbons (Fsp3) is 0.775. The summed E-state index contributed by atoms with van der Waals surface area (Å²) in [6.45, 7) is 5.10. The summed E-state index contributed by atoms with van der Waals surface area (Å²) in [5.41, 5.74) is 0. The van der Waals surface area contributed by atoms with Gasteiger partial charge >= 0.3 is 5.97 Å². The van der Waals surface area contributed by atoms with Crippen molar-refractivity contribution in [2.24, 2.45) is 0 Å². The molecule has 2 atom stereocenters. The van der Waals surface area contributed by atoms with E-state index >= 15 is 0 Å². The summed E-state index contributed by atoms with van der Waals surface area (Å²) in [7, 11) is 1.84. The normalized spacial score (nSPS) is 13.6. The molecule has 256 valence electrons. The third-order valence-electron chi connectivity index (χ3n) is 8.18. The van der Waals surface area contributed by atoms with Crippen molar-refractivity contribution < 1.29 is 14.6 Å². The van der Waals surface area contributed by atoms with E-state index in [1.807, 2.05) is 7.05 Å². The molecule has 0 amide bonds. The van der Waals surface area contributed by atoms with Crippen LogP contribution in [-0.2, 0) is 9.53 Å². The quantitative estimate of drug-likeness (QED) is 0.0438. The van der Waals surface area contributed by atoms with Crippen LogP contribution in [0, 0.1) is 0 Å². The molecule has 0 fully saturated rings. The van der Waals surface area contributed by atoms with Crippen molar-refractivity contribution >= 4 is 5.97 Å². The van der Waals surface area contributed by atoms with Crippen molar-refractivity contribution in [3.63, 3.8) is 0 Å². The van der Waals surface area contributed by atoms with E-state index in [1.165, 1.54) is 89.9 Å². The number of rotatable bonds is 33. The van der Waals surface area contributed by atoms with E-state index in [2.05, 4.69) is 67.8 Å². The zero-order valence-electron chi connectivity index (χ0n) is 29.4. The first-order valence-corrected chi connectivity index (χ1v) is 18.8. The Labute approximate surface area is 274 Å². The Morgan fingerprint density at radius 1 is 0.591 bits per heavy atom. The van der Waals surface area contributed by atoms with Crippen LogP contribution in [0.2, 0.25) is 0 Å². The fourth-order valence-electron chi connectivity index (χ4n) is 5.29. The van der Waals surface area contributed by atoms with Crippen LogP contribution in [0.5, 0.6) is 0 Å². The molecule has 0 aromatic rings. The number of aliphatic hydroxyl groups excluding tert-OH is 1. The number of allylic oxidation sites excluding steroid dienone is 8. The highest BCUT2D eigenvalue weighted by Gasteiger charge is 2.22. The molecule has 0 aromatic carbocycles. The average Bonchev–Trinajstić information content (AvgIpc) is 3.03. The first-order valence-electron chi connectivity index (χ1n) is 18.8. The number of aliphatic hydroxyl groups is 1. The van der Waals surface area contributed by atoms with Crippen molar-refractivity contribution in [1.82, 2.24) is 5.32 Å².